The van der Waals surface area contributed by atoms with Gasteiger partial charge in [-0.3, -0.25) is 9.59 Å². The van der Waals surface area contributed by atoms with Crippen LogP contribution in [0.25, 0.3) is 0 Å². The Bertz CT molecular complexity index is 859. The normalized spacial score (nSPS) is 15.4. The second kappa shape index (κ2) is 8.25. The summed E-state index contributed by atoms with van der Waals surface area (Å²) in [5.41, 5.74) is 3.36. The van der Waals surface area contributed by atoms with Crippen molar-refractivity contribution in [3.8, 4) is 11.5 Å². The molecule has 1 N–H and O–H groups in total. The van der Waals surface area contributed by atoms with Crippen LogP contribution in [0.4, 0.5) is 5.69 Å². The SMILES string of the molecule is CCCOc1ccccc1NC(=O)COc1ccc(C)c2c1C(=O)CC2C. The third kappa shape index (κ3) is 4.13. The molecule has 27 heavy (non-hydrogen) atoms. The highest BCUT2D eigenvalue weighted by atomic mass is 16.5. The molecule has 2 aromatic rings. The summed E-state index contributed by atoms with van der Waals surface area (Å²) in [4.78, 5) is 24.7. The Labute approximate surface area is 159 Å². The number of nitrogens with one attached hydrogen (secondary N) is 1. The zero-order valence-corrected chi connectivity index (χ0v) is 16.0. The zero-order chi connectivity index (χ0) is 19.4. The lowest BCUT2D eigenvalue weighted by molar-refractivity contribution is -0.118. The molecule has 0 aliphatic heterocycles. The summed E-state index contributed by atoms with van der Waals surface area (Å²) < 4.78 is 11.4. The molecule has 1 aliphatic carbocycles. The molecule has 0 saturated carbocycles. The fourth-order valence-electron chi connectivity index (χ4n) is 3.47. The van der Waals surface area contributed by atoms with Gasteiger partial charge in [0.2, 0.25) is 0 Å². The van der Waals surface area contributed by atoms with Crippen LogP contribution >= 0.6 is 0 Å². The number of aryl methyl sites for hydroxylation is 1. The van der Waals surface area contributed by atoms with E-state index in [0.717, 1.165) is 17.5 Å². The molecule has 1 aliphatic rings. The van der Waals surface area contributed by atoms with Crippen molar-refractivity contribution in [1.29, 1.82) is 0 Å². The number of ketones is 1. The van der Waals surface area contributed by atoms with Crippen molar-refractivity contribution in [2.75, 3.05) is 18.5 Å². The number of Topliss-reactive ketones (excluding diaryl/α,β-unsaturated/α-hetero) is 1. The van der Waals surface area contributed by atoms with Crippen LogP contribution in [0.2, 0.25) is 0 Å². The molecule has 142 valence electrons. The minimum Gasteiger partial charge on any atom is -0.491 e. The fourth-order valence-corrected chi connectivity index (χ4v) is 3.47. The molecule has 0 aromatic heterocycles. The van der Waals surface area contributed by atoms with Gasteiger partial charge in [-0.15, -0.1) is 0 Å². The number of rotatable bonds is 7. The van der Waals surface area contributed by atoms with Gasteiger partial charge in [-0.05, 0) is 48.6 Å². The Morgan fingerprint density at radius 1 is 1.15 bits per heavy atom. The number of fused-ring (bicyclic) bond motifs is 1. The van der Waals surface area contributed by atoms with E-state index in [1.807, 2.05) is 45.0 Å². The van der Waals surface area contributed by atoms with Crippen LogP contribution < -0.4 is 14.8 Å². The summed E-state index contributed by atoms with van der Waals surface area (Å²) >= 11 is 0. The first-order valence-corrected chi connectivity index (χ1v) is 9.32. The summed E-state index contributed by atoms with van der Waals surface area (Å²) in [6.45, 7) is 6.48. The number of para-hydroxylation sites is 2. The second-order valence-electron chi connectivity index (χ2n) is 6.88. The van der Waals surface area contributed by atoms with Crippen molar-refractivity contribution < 1.29 is 19.1 Å². The van der Waals surface area contributed by atoms with E-state index in [0.29, 0.717) is 35.8 Å². The first-order valence-electron chi connectivity index (χ1n) is 9.32. The fraction of sp³-hybridized carbons (Fsp3) is 0.364. The summed E-state index contributed by atoms with van der Waals surface area (Å²) in [6, 6.07) is 11.0. The van der Waals surface area contributed by atoms with Crippen LogP contribution in [0.5, 0.6) is 11.5 Å². The third-order valence-electron chi connectivity index (χ3n) is 4.67. The number of hydrogen-bond acceptors (Lipinski definition) is 4. The quantitative estimate of drug-likeness (QED) is 0.783. The molecule has 3 rings (SSSR count). The van der Waals surface area contributed by atoms with Crippen molar-refractivity contribution in [2.24, 2.45) is 0 Å². The Morgan fingerprint density at radius 3 is 2.70 bits per heavy atom. The molecule has 1 unspecified atom stereocenters. The number of ether oxygens (including phenoxy) is 2. The van der Waals surface area contributed by atoms with Crippen molar-refractivity contribution >= 4 is 17.4 Å². The molecule has 0 heterocycles. The molecule has 0 saturated heterocycles. The molecule has 2 aromatic carbocycles. The predicted octanol–water partition coefficient (Wildman–Crippen LogP) is 4.49. The number of anilines is 1. The molecule has 0 bridgehead atoms. The Kier molecular flexibility index (Phi) is 5.79. The summed E-state index contributed by atoms with van der Waals surface area (Å²) in [5, 5.41) is 2.81. The van der Waals surface area contributed by atoms with E-state index in [9.17, 15) is 9.59 Å². The van der Waals surface area contributed by atoms with Crippen molar-refractivity contribution in [1.82, 2.24) is 0 Å². The average Bonchev–Trinajstić information content (AvgIpc) is 2.96. The zero-order valence-electron chi connectivity index (χ0n) is 16.0. The third-order valence-corrected chi connectivity index (χ3v) is 4.67. The highest BCUT2D eigenvalue weighted by Crippen LogP contribution is 2.40. The lowest BCUT2D eigenvalue weighted by atomic mass is 9.97. The number of carbonyl (C=O) groups is 2. The van der Waals surface area contributed by atoms with Gasteiger partial charge in [-0.25, -0.2) is 0 Å². The van der Waals surface area contributed by atoms with E-state index in [2.05, 4.69) is 5.32 Å². The van der Waals surface area contributed by atoms with Gasteiger partial charge in [0, 0.05) is 6.42 Å². The van der Waals surface area contributed by atoms with Gasteiger partial charge in [0.05, 0.1) is 17.9 Å². The van der Waals surface area contributed by atoms with Crippen molar-refractivity contribution in [3.63, 3.8) is 0 Å². The van der Waals surface area contributed by atoms with Crippen LogP contribution in [0.1, 0.15) is 54.1 Å². The van der Waals surface area contributed by atoms with Gasteiger partial charge < -0.3 is 14.8 Å². The van der Waals surface area contributed by atoms with Crippen LogP contribution in [0.3, 0.4) is 0 Å². The van der Waals surface area contributed by atoms with Crippen LogP contribution in [0, 0.1) is 6.92 Å². The highest BCUT2D eigenvalue weighted by Gasteiger charge is 2.31. The molecular weight excluding hydrogens is 342 g/mol. The van der Waals surface area contributed by atoms with Gasteiger partial charge in [0.15, 0.2) is 12.4 Å². The van der Waals surface area contributed by atoms with Gasteiger partial charge in [-0.2, -0.15) is 0 Å². The van der Waals surface area contributed by atoms with E-state index in [-0.39, 0.29) is 24.2 Å². The lowest BCUT2D eigenvalue weighted by Crippen LogP contribution is -2.21. The minimum absolute atomic E-state index is 0.0786. The lowest BCUT2D eigenvalue weighted by Gasteiger charge is -2.14. The van der Waals surface area contributed by atoms with E-state index < -0.39 is 0 Å². The van der Waals surface area contributed by atoms with Gasteiger partial charge in [-0.1, -0.05) is 32.0 Å². The second-order valence-corrected chi connectivity index (χ2v) is 6.88. The largest absolute Gasteiger partial charge is 0.491 e. The number of amides is 1. The van der Waals surface area contributed by atoms with E-state index in [1.165, 1.54) is 0 Å². The minimum atomic E-state index is -0.296. The predicted molar refractivity (Wildman–Crippen MR) is 105 cm³/mol. The summed E-state index contributed by atoms with van der Waals surface area (Å²) in [7, 11) is 0. The van der Waals surface area contributed by atoms with E-state index in [4.69, 9.17) is 9.47 Å². The maximum atomic E-state index is 12.3. The van der Waals surface area contributed by atoms with Crippen LogP contribution in [-0.4, -0.2) is 24.9 Å². The highest BCUT2D eigenvalue weighted by molar-refractivity contribution is 6.04. The van der Waals surface area contributed by atoms with Gasteiger partial charge in [0.25, 0.3) is 5.91 Å². The molecular formula is C22H25NO4. The topological polar surface area (TPSA) is 64.6 Å². The maximum absolute atomic E-state index is 12.3. The summed E-state index contributed by atoms with van der Waals surface area (Å²) in [5.74, 6) is 1.08. The Hall–Kier alpha value is -2.82. The first kappa shape index (κ1) is 19.0. The number of benzene rings is 2. The van der Waals surface area contributed by atoms with Crippen molar-refractivity contribution in [2.45, 2.75) is 39.5 Å². The molecule has 0 radical (unpaired) electrons. The van der Waals surface area contributed by atoms with Crippen LogP contribution in [0.15, 0.2) is 36.4 Å². The molecule has 5 heteroatoms. The van der Waals surface area contributed by atoms with Gasteiger partial charge >= 0.3 is 0 Å². The maximum Gasteiger partial charge on any atom is 0.262 e. The summed E-state index contributed by atoms with van der Waals surface area (Å²) in [6.07, 6.45) is 1.38. The average molecular weight is 367 g/mol. The Balaban J connectivity index is 1.69. The molecule has 0 spiro atoms. The standard InChI is InChI=1S/C22H25NO4/c1-4-11-26-18-8-6-5-7-16(18)23-20(25)13-27-19-10-9-14(2)21-15(3)12-17(24)22(19)21/h5-10,15H,4,11-13H2,1-3H3,(H,23,25). The van der Waals surface area contributed by atoms with E-state index >= 15 is 0 Å². The van der Waals surface area contributed by atoms with Crippen LogP contribution in [-0.2, 0) is 4.79 Å². The monoisotopic (exact) mass is 367 g/mol. The molecule has 0 fully saturated rings. The molecule has 1 atom stereocenters. The number of hydrogen-bond donors (Lipinski definition) is 1. The van der Waals surface area contributed by atoms with Gasteiger partial charge in [0.1, 0.15) is 11.5 Å². The molecule has 5 nitrogen and oxygen atoms in total. The number of carbonyl (C=O) groups excluding carboxylic acids is 2. The first-order chi connectivity index (χ1) is 13.0. The Morgan fingerprint density at radius 2 is 1.93 bits per heavy atom. The smallest absolute Gasteiger partial charge is 0.262 e. The van der Waals surface area contributed by atoms with Crippen molar-refractivity contribution in [3.05, 3.63) is 53.1 Å². The molecule has 1 amide bonds. The van der Waals surface area contributed by atoms with E-state index in [1.54, 1.807) is 12.1 Å².